The molecule has 1 aliphatic heterocycles. The molecule has 33 heavy (non-hydrogen) atoms. The highest BCUT2D eigenvalue weighted by Gasteiger charge is 2.35. The molecule has 0 aliphatic carbocycles. The van der Waals surface area contributed by atoms with Gasteiger partial charge in [-0.2, -0.15) is 0 Å². The average Bonchev–Trinajstić information content (AvgIpc) is 2.96. The molecule has 1 atom stereocenters. The lowest BCUT2D eigenvalue weighted by molar-refractivity contribution is -0.124. The number of nitrogens with zero attached hydrogens (tertiary/aromatic N) is 3. The van der Waals surface area contributed by atoms with E-state index < -0.39 is 29.0 Å². The minimum Gasteiger partial charge on any atom is -0.357 e. The minimum absolute atomic E-state index is 0.0188. The maximum atomic E-state index is 14.7. The summed E-state index contributed by atoms with van der Waals surface area (Å²) < 4.78 is 30.3. The topological polar surface area (TPSA) is 79.3 Å². The average molecular weight is 482 g/mol. The van der Waals surface area contributed by atoms with Gasteiger partial charge >= 0.3 is 0 Å². The maximum Gasteiger partial charge on any atom is 0.272 e. The Hall–Kier alpha value is -2.52. The standard InChI is InChI=1S/C23H30ClF2N5O2/c1-6-30-8-7-9-31-17(12-30)18(21(32)29-19(22(33)27-5)23(2,3)4)28-20(31)13-10-14(24)16(26)11-15(13)25/h10-11,19H,6-9,12H2,1-5H3,(H,27,33)(H,29,32)/t19-/m1/s1. The van der Waals surface area contributed by atoms with Crippen molar-refractivity contribution in [2.45, 2.75) is 53.2 Å². The number of amides is 2. The summed E-state index contributed by atoms with van der Waals surface area (Å²) in [4.78, 5) is 32.5. The molecule has 2 heterocycles. The summed E-state index contributed by atoms with van der Waals surface area (Å²) in [5.74, 6) is -2.33. The van der Waals surface area contributed by atoms with Crippen LogP contribution in [0.2, 0.25) is 5.02 Å². The molecule has 1 aromatic heterocycles. The number of rotatable bonds is 5. The Balaban J connectivity index is 2.13. The van der Waals surface area contributed by atoms with Crippen LogP contribution >= 0.6 is 11.6 Å². The number of likely N-dealkylation sites (N-methyl/N-ethyl adjacent to an activating group) is 1. The van der Waals surface area contributed by atoms with E-state index in [2.05, 4.69) is 20.5 Å². The van der Waals surface area contributed by atoms with Gasteiger partial charge in [0.25, 0.3) is 5.91 Å². The highest BCUT2D eigenvalue weighted by Crippen LogP contribution is 2.31. The second kappa shape index (κ2) is 9.77. The van der Waals surface area contributed by atoms with Gasteiger partial charge in [0.2, 0.25) is 5.91 Å². The molecule has 10 heteroatoms. The highest BCUT2D eigenvalue weighted by molar-refractivity contribution is 6.31. The lowest BCUT2D eigenvalue weighted by Crippen LogP contribution is -2.53. The van der Waals surface area contributed by atoms with E-state index in [-0.39, 0.29) is 28.0 Å². The minimum atomic E-state index is -0.866. The van der Waals surface area contributed by atoms with Crippen molar-refractivity contribution >= 4 is 23.4 Å². The number of hydrogen-bond donors (Lipinski definition) is 2. The Morgan fingerprint density at radius 3 is 2.52 bits per heavy atom. The zero-order chi connectivity index (χ0) is 24.5. The number of fused-ring (bicyclic) bond motifs is 1. The van der Waals surface area contributed by atoms with Crippen molar-refractivity contribution in [3.8, 4) is 11.4 Å². The molecule has 0 fully saturated rings. The van der Waals surface area contributed by atoms with Crippen molar-refractivity contribution < 1.29 is 18.4 Å². The van der Waals surface area contributed by atoms with Crippen molar-refractivity contribution in [3.63, 3.8) is 0 Å². The van der Waals surface area contributed by atoms with Crippen LogP contribution in [0.1, 0.15) is 50.3 Å². The van der Waals surface area contributed by atoms with Crippen molar-refractivity contribution in [2.75, 3.05) is 20.1 Å². The SMILES string of the molecule is CCN1CCCn2c(-c3cc(Cl)c(F)cc3F)nc(C(=O)N[C@H](C(=O)NC)C(C)(C)C)c2C1. The fourth-order valence-corrected chi connectivity index (χ4v) is 4.16. The second-order valence-corrected chi connectivity index (χ2v) is 9.64. The molecule has 0 radical (unpaired) electrons. The molecule has 0 bridgehead atoms. The first-order chi connectivity index (χ1) is 15.5. The van der Waals surface area contributed by atoms with Crippen LogP contribution in [0.5, 0.6) is 0 Å². The lowest BCUT2D eigenvalue weighted by atomic mass is 9.86. The molecule has 2 aromatic rings. The summed E-state index contributed by atoms with van der Waals surface area (Å²) in [6, 6.07) is 1.10. The van der Waals surface area contributed by atoms with Crippen molar-refractivity contribution in [1.82, 2.24) is 25.1 Å². The predicted molar refractivity (Wildman–Crippen MR) is 123 cm³/mol. The molecule has 0 spiro atoms. The van der Waals surface area contributed by atoms with Crippen LogP contribution in [-0.2, 0) is 17.9 Å². The first kappa shape index (κ1) is 25.1. The van der Waals surface area contributed by atoms with Crippen molar-refractivity contribution in [1.29, 1.82) is 0 Å². The normalized spacial score (nSPS) is 15.5. The number of nitrogens with one attached hydrogen (secondary N) is 2. The zero-order valence-corrected chi connectivity index (χ0v) is 20.3. The third-order valence-corrected chi connectivity index (χ3v) is 6.15. The van der Waals surface area contributed by atoms with Gasteiger partial charge in [-0.05, 0) is 24.4 Å². The van der Waals surface area contributed by atoms with Crippen LogP contribution in [0.4, 0.5) is 8.78 Å². The molecule has 3 rings (SSSR count). The molecular weight excluding hydrogens is 452 g/mol. The predicted octanol–water partition coefficient (Wildman–Crippen LogP) is 3.60. The zero-order valence-electron chi connectivity index (χ0n) is 19.6. The fourth-order valence-electron chi connectivity index (χ4n) is 4.00. The smallest absolute Gasteiger partial charge is 0.272 e. The van der Waals surface area contributed by atoms with Gasteiger partial charge in [-0.1, -0.05) is 39.3 Å². The summed E-state index contributed by atoms with van der Waals surface area (Å²) in [5, 5.41) is 5.15. The number of benzene rings is 1. The third-order valence-electron chi connectivity index (χ3n) is 5.87. The van der Waals surface area contributed by atoms with Gasteiger partial charge < -0.3 is 15.2 Å². The number of hydrogen-bond acceptors (Lipinski definition) is 4. The van der Waals surface area contributed by atoms with Crippen LogP contribution in [0, 0.1) is 17.0 Å². The van der Waals surface area contributed by atoms with E-state index >= 15 is 0 Å². The van der Waals surface area contributed by atoms with E-state index in [1.807, 2.05) is 27.7 Å². The molecular formula is C23H30ClF2N5O2. The summed E-state index contributed by atoms with van der Waals surface area (Å²) in [5.41, 5.74) is 0.196. The van der Waals surface area contributed by atoms with Gasteiger partial charge in [-0.3, -0.25) is 14.5 Å². The Labute approximate surface area is 197 Å². The van der Waals surface area contributed by atoms with Gasteiger partial charge in [-0.15, -0.1) is 0 Å². The van der Waals surface area contributed by atoms with E-state index in [0.717, 1.165) is 25.6 Å². The Kier molecular flexibility index (Phi) is 7.43. The molecule has 0 saturated heterocycles. The summed E-state index contributed by atoms with van der Waals surface area (Å²) in [6.07, 6.45) is 0.769. The van der Waals surface area contributed by atoms with Crippen molar-refractivity contribution in [2.24, 2.45) is 5.41 Å². The second-order valence-electron chi connectivity index (χ2n) is 9.24. The first-order valence-electron chi connectivity index (χ1n) is 11.0. The van der Waals surface area contributed by atoms with Gasteiger partial charge in [0.1, 0.15) is 23.5 Å². The molecule has 1 aliphatic rings. The molecule has 1 aromatic carbocycles. The molecule has 7 nitrogen and oxygen atoms in total. The van der Waals surface area contributed by atoms with Crippen LogP contribution < -0.4 is 10.6 Å². The van der Waals surface area contributed by atoms with E-state index in [4.69, 9.17) is 11.6 Å². The molecule has 0 saturated carbocycles. The molecule has 2 N–H and O–H groups in total. The van der Waals surface area contributed by atoms with Gasteiger partial charge in [0, 0.05) is 32.7 Å². The molecule has 2 amide bonds. The third kappa shape index (κ3) is 5.19. The largest absolute Gasteiger partial charge is 0.357 e. The quantitative estimate of drug-likeness (QED) is 0.639. The number of carbonyl (C=O) groups excluding carboxylic acids is 2. The Morgan fingerprint density at radius 1 is 1.21 bits per heavy atom. The van der Waals surface area contributed by atoms with Crippen LogP contribution in [-0.4, -0.2) is 52.4 Å². The lowest BCUT2D eigenvalue weighted by Gasteiger charge is -2.29. The summed E-state index contributed by atoms with van der Waals surface area (Å²) in [7, 11) is 1.51. The van der Waals surface area contributed by atoms with Crippen LogP contribution in [0.3, 0.4) is 0 Å². The maximum absolute atomic E-state index is 14.7. The van der Waals surface area contributed by atoms with Gasteiger partial charge in [-0.25, -0.2) is 13.8 Å². The van der Waals surface area contributed by atoms with E-state index in [9.17, 15) is 18.4 Å². The summed E-state index contributed by atoms with van der Waals surface area (Å²) in [6.45, 7) is 10.1. The Morgan fingerprint density at radius 2 is 1.91 bits per heavy atom. The monoisotopic (exact) mass is 481 g/mol. The van der Waals surface area contributed by atoms with E-state index in [1.165, 1.54) is 13.1 Å². The number of imidazole rings is 1. The fraction of sp³-hybridized carbons (Fsp3) is 0.522. The Bertz CT molecular complexity index is 1060. The van der Waals surface area contributed by atoms with E-state index in [1.54, 1.807) is 4.57 Å². The number of carbonyl (C=O) groups is 2. The van der Waals surface area contributed by atoms with Crippen LogP contribution in [0.15, 0.2) is 12.1 Å². The molecule has 0 unspecified atom stereocenters. The summed E-state index contributed by atoms with van der Waals surface area (Å²) >= 11 is 5.93. The highest BCUT2D eigenvalue weighted by atomic mass is 35.5. The number of halogens is 3. The molecule has 180 valence electrons. The van der Waals surface area contributed by atoms with Crippen molar-refractivity contribution in [3.05, 3.63) is 40.2 Å². The first-order valence-corrected chi connectivity index (χ1v) is 11.3. The van der Waals surface area contributed by atoms with Crippen LogP contribution in [0.25, 0.3) is 11.4 Å². The van der Waals surface area contributed by atoms with Gasteiger partial charge in [0.05, 0.1) is 16.3 Å². The van der Waals surface area contributed by atoms with Gasteiger partial charge in [0.15, 0.2) is 5.69 Å². The van der Waals surface area contributed by atoms with E-state index in [0.29, 0.717) is 18.8 Å². The number of aromatic nitrogens is 2.